The van der Waals surface area contributed by atoms with Crippen molar-refractivity contribution in [3.63, 3.8) is 0 Å². The Morgan fingerprint density at radius 1 is 1.67 bits per heavy atom. The molecule has 1 amide bonds. The van der Waals surface area contributed by atoms with Gasteiger partial charge in [0.1, 0.15) is 0 Å². The molecule has 0 aromatic heterocycles. The molecule has 0 saturated carbocycles. The maximum absolute atomic E-state index is 10.9. The first-order valence-electron chi connectivity index (χ1n) is 4.06. The Morgan fingerprint density at radius 2 is 2.25 bits per heavy atom. The molecule has 0 heterocycles. The molecule has 2 atom stereocenters. The van der Waals surface area contributed by atoms with E-state index in [0.29, 0.717) is 5.92 Å². The van der Waals surface area contributed by atoms with Crippen molar-refractivity contribution < 1.29 is 9.53 Å². The predicted molar refractivity (Wildman–Crippen MR) is 57.7 cm³/mol. The molecule has 4 heteroatoms. The lowest BCUT2D eigenvalue weighted by Gasteiger charge is -2.21. The zero-order valence-electron chi connectivity index (χ0n) is 7.76. The van der Waals surface area contributed by atoms with Crippen LogP contribution in [0.5, 0.6) is 0 Å². The summed E-state index contributed by atoms with van der Waals surface area (Å²) in [5.41, 5.74) is 0. The number of methoxy groups -OCH3 is 1. The van der Waals surface area contributed by atoms with Crippen molar-refractivity contribution in [1.29, 1.82) is 0 Å². The molecule has 0 fully saturated rings. The summed E-state index contributed by atoms with van der Waals surface area (Å²) in [5, 5.41) is 2.80. The summed E-state index contributed by atoms with van der Waals surface area (Å²) in [6.45, 7) is 4.24. The van der Waals surface area contributed by atoms with Gasteiger partial charge in [-0.2, -0.15) is 0 Å². The minimum Gasteiger partial charge on any atom is -0.453 e. The van der Waals surface area contributed by atoms with Crippen molar-refractivity contribution in [3.05, 3.63) is 0 Å². The Kier molecular flexibility index (Phi) is 6.51. The average molecular weight is 285 g/mol. The van der Waals surface area contributed by atoms with Crippen molar-refractivity contribution in [2.45, 2.75) is 26.3 Å². The minimum atomic E-state index is -0.336. The Labute approximate surface area is 87.4 Å². The number of rotatable bonds is 4. The van der Waals surface area contributed by atoms with Crippen LogP contribution < -0.4 is 5.32 Å². The fourth-order valence-corrected chi connectivity index (χ4v) is 1.92. The van der Waals surface area contributed by atoms with Crippen molar-refractivity contribution >= 4 is 28.7 Å². The van der Waals surface area contributed by atoms with Gasteiger partial charge in [0.2, 0.25) is 0 Å². The highest BCUT2D eigenvalue weighted by atomic mass is 127. The lowest BCUT2D eigenvalue weighted by molar-refractivity contribution is 0.164. The number of amides is 1. The van der Waals surface area contributed by atoms with Gasteiger partial charge in [-0.1, -0.05) is 42.9 Å². The molecule has 0 spiro atoms. The van der Waals surface area contributed by atoms with Crippen molar-refractivity contribution in [1.82, 2.24) is 5.32 Å². The Bertz CT molecular complexity index is 141. The van der Waals surface area contributed by atoms with Crippen LogP contribution in [0.1, 0.15) is 20.3 Å². The standard InChI is InChI=1S/C8H16INO2/c1-4-6(2)7(5-9)10-8(11)12-3/h6-7H,4-5H2,1-3H3,(H,10,11). The third-order valence-electron chi connectivity index (χ3n) is 1.99. The molecule has 2 unspecified atom stereocenters. The van der Waals surface area contributed by atoms with Crippen LogP contribution in [0.2, 0.25) is 0 Å². The second-order valence-electron chi connectivity index (χ2n) is 2.78. The van der Waals surface area contributed by atoms with Gasteiger partial charge < -0.3 is 10.1 Å². The van der Waals surface area contributed by atoms with Gasteiger partial charge in [-0.15, -0.1) is 0 Å². The molecule has 0 aliphatic carbocycles. The van der Waals surface area contributed by atoms with Crippen LogP contribution in [0.15, 0.2) is 0 Å². The van der Waals surface area contributed by atoms with Crippen molar-refractivity contribution in [3.8, 4) is 0 Å². The summed E-state index contributed by atoms with van der Waals surface area (Å²) in [6, 6.07) is 0.225. The lowest BCUT2D eigenvalue weighted by Crippen LogP contribution is -2.40. The van der Waals surface area contributed by atoms with E-state index in [1.807, 2.05) is 0 Å². The number of alkyl carbamates (subject to hydrolysis) is 1. The highest BCUT2D eigenvalue weighted by molar-refractivity contribution is 14.1. The third kappa shape index (κ3) is 4.13. The van der Waals surface area contributed by atoms with Crippen LogP contribution in [-0.2, 0) is 4.74 Å². The Morgan fingerprint density at radius 3 is 2.58 bits per heavy atom. The van der Waals surface area contributed by atoms with Crippen LogP contribution in [0.3, 0.4) is 0 Å². The first kappa shape index (κ1) is 12.0. The monoisotopic (exact) mass is 285 g/mol. The average Bonchev–Trinajstić information content (AvgIpc) is 2.12. The van der Waals surface area contributed by atoms with E-state index in [2.05, 4.69) is 46.5 Å². The number of halogens is 1. The molecule has 12 heavy (non-hydrogen) atoms. The van der Waals surface area contributed by atoms with E-state index in [0.717, 1.165) is 10.8 Å². The minimum absolute atomic E-state index is 0.225. The number of alkyl halides is 1. The molecule has 0 saturated heterocycles. The van der Waals surface area contributed by atoms with Crippen LogP contribution in [0.25, 0.3) is 0 Å². The molecule has 0 aliphatic rings. The maximum atomic E-state index is 10.9. The first-order valence-corrected chi connectivity index (χ1v) is 5.58. The summed E-state index contributed by atoms with van der Waals surface area (Å²) in [7, 11) is 1.39. The van der Waals surface area contributed by atoms with Gasteiger partial charge in [-0.25, -0.2) is 4.79 Å². The normalized spacial score (nSPS) is 15.0. The van der Waals surface area contributed by atoms with Crippen LogP contribution >= 0.6 is 22.6 Å². The van der Waals surface area contributed by atoms with Gasteiger partial charge >= 0.3 is 6.09 Å². The summed E-state index contributed by atoms with van der Waals surface area (Å²) in [5.74, 6) is 0.501. The summed E-state index contributed by atoms with van der Waals surface area (Å²) < 4.78 is 5.44. The molecule has 0 aromatic carbocycles. The number of ether oxygens (including phenoxy) is 1. The smallest absolute Gasteiger partial charge is 0.407 e. The van der Waals surface area contributed by atoms with Gasteiger partial charge in [0, 0.05) is 10.5 Å². The fraction of sp³-hybridized carbons (Fsp3) is 0.875. The fourth-order valence-electron chi connectivity index (χ4n) is 0.828. The third-order valence-corrected chi connectivity index (χ3v) is 2.93. The molecule has 0 rings (SSSR count). The Balaban J connectivity index is 3.90. The number of hydrogen-bond donors (Lipinski definition) is 1. The summed E-state index contributed by atoms with van der Waals surface area (Å²) in [4.78, 5) is 10.9. The molecule has 0 aliphatic heterocycles. The molecule has 72 valence electrons. The van der Waals surface area contributed by atoms with Crippen LogP contribution in [0, 0.1) is 5.92 Å². The highest BCUT2D eigenvalue weighted by Gasteiger charge is 2.16. The highest BCUT2D eigenvalue weighted by Crippen LogP contribution is 2.10. The summed E-state index contributed by atoms with van der Waals surface area (Å²) in [6.07, 6.45) is 0.731. The molecule has 0 radical (unpaired) electrons. The van der Waals surface area contributed by atoms with E-state index in [4.69, 9.17) is 0 Å². The maximum Gasteiger partial charge on any atom is 0.407 e. The van der Waals surface area contributed by atoms with Gasteiger partial charge in [0.25, 0.3) is 0 Å². The van der Waals surface area contributed by atoms with Gasteiger partial charge in [-0.3, -0.25) is 0 Å². The summed E-state index contributed by atoms with van der Waals surface area (Å²) >= 11 is 2.27. The Hall–Kier alpha value is 0. The SMILES string of the molecule is CCC(C)C(CI)NC(=O)OC. The predicted octanol–water partition coefficient (Wildman–Crippen LogP) is 2.19. The zero-order chi connectivity index (χ0) is 9.56. The topological polar surface area (TPSA) is 38.3 Å². The van der Waals surface area contributed by atoms with Gasteiger partial charge in [0.05, 0.1) is 7.11 Å². The van der Waals surface area contributed by atoms with Crippen LogP contribution in [0.4, 0.5) is 4.79 Å². The molecule has 0 aromatic rings. The van der Waals surface area contributed by atoms with Gasteiger partial charge in [-0.05, 0) is 5.92 Å². The second-order valence-corrected chi connectivity index (χ2v) is 3.66. The lowest BCUT2D eigenvalue weighted by atomic mass is 10.0. The van der Waals surface area contributed by atoms with Crippen LogP contribution in [-0.4, -0.2) is 23.7 Å². The number of carbonyl (C=O) groups excluding carboxylic acids is 1. The molecule has 3 nitrogen and oxygen atoms in total. The van der Waals surface area contributed by atoms with E-state index in [1.165, 1.54) is 7.11 Å². The van der Waals surface area contributed by atoms with E-state index in [-0.39, 0.29) is 12.1 Å². The molecular formula is C8H16INO2. The molecule has 0 bridgehead atoms. The van der Waals surface area contributed by atoms with Gasteiger partial charge in [0.15, 0.2) is 0 Å². The number of hydrogen-bond acceptors (Lipinski definition) is 2. The number of nitrogens with one attached hydrogen (secondary N) is 1. The largest absolute Gasteiger partial charge is 0.453 e. The van der Waals surface area contributed by atoms with E-state index in [9.17, 15) is 4.79 Å². The number of carbonyl (C=O) groups is 1. The van der Waals surface area contributed by atoms with Crippen molar-refractivity contribution in [2.24, 2.45) is 5.92 Å². The first-order chi connectivity index (χ1) is 5.65. The van der Waals surface area contributed by atoms with E-state index < -0.39 is 0 Å². The van der Waals surface area contributed by atoms with E-state index in [1.54, 1.807) is 0 Å². The van der Waals surface area contributed by atoms with Crippen molar-refractivity contribution in [2.75, 3.05) is 11.5 Å². The quantitative estimate of drug-likeness (QED) is 0.635. The molecule has 1 N–H and O–H groups in total. The van der Waals surface area contributed by atoms with E-state index >= 15 is 0 Å². The zero-order valence-corrected chi connectivity index (χ0v) is 9.92. The molecular weight excluding hydrogens is 269 g/mol. The second kappa shape index (κ2) is 6.51.